The van der Waals surface area contributed by atoms with E-state index < -0.39 is 10.0 Å². The fourth-order valence-corrected chi connectivity index (χ4v) is 4.92. The summed E-state index contributed by atoms with van der Waals surface area (Å²) in [5, 5.41) is 0. The van der Waals surface area contributed by atoms with Gasteiger partial charge in [-0.25, -0.2) is 12.7 Å². The molecular weight excluding hydrogens is 354 g/mol. The first kappa shape index (κ1) is 19.0. The highest BCUT2D eigenvalue weighted by molar-refractivity contribution is 7.89. The molecule has 1 aromatic rings. The second kappa shape index (κ2) is 7.48. The summed E-state index contributed by atoms with van der Waals surface area (Å²) in [7, 11) is -0.569. The molecule has 2 saturated carbocycles. The van der Waals surface area contributed by atoms with Crippen molar-refractivity contribution in [2.45, 2.75) is 43.6 Å². The van der Waals surface area contributed by atoms with Crippen LogP contribution in [0.15, 0.2) is 29.2 Å². The fraction of sp³-hybridized carbons (Fsp3) is 0.579. The first-order valence-electron chi connectivity index (χ1n) is 9.01. The van der Waals surface area contributed by atoms with Crippen molar-refractivity contribution in [1.29, 1.82) is 0 Å². The first-order chi connectivity index (χ1) is 12.3. The van der Waals surface area contributed by atoms with Crippen molar-refractivity contribution in [2.75, 3.05) is 14.1 Å². The van der Waals surface area contributed by atoms with E-state index in [4.69, 9.17) is 4.74 Å². The zero-order valence-corrected chi connectivity index (χ0v) is 16.0. The van der Waals surface area contributed by atoms with E-state index in [9.17, 15) is 18.0 Å². The van der Waals surface area contributed by atoms with Crippen molar-refractivity contribution in [1.82, 2.24) is 4.31 Å². The Labute approximate surface area is 154 Å². The lowest BCUT2D eigenvalue weighted by molar-refractivity contribution is -0.154. The number of Topliss-reactive ketones (excluding diaryl/α,β-unsaturated/α-hetero) is 1. The van der Waals surface area contributed by atoms with E-state index in [0.717, 1.165) is 23.6 Å². The molecular formula is C19H25NO5S. The third-order valence-electron chi connectivity index (χ3n) is 5.44. The monoisotopic (exact) mass is 379 g/mol. The van der Waals surface area contributed by atoms with Crippen LogP contribution in [0.1, 0.15) is 37.7 Å². The van der Waals surface area contributed by atoms with Crippen LogP contribution in [0.25, 0.3) is 0 Å². The lowest BCUT2D eigenvalue weighted by atomic mass is 9.67. The third kappa shape index (κ3) is 3.83. The normalized spacial score (nSPS) is 26.0. The minimum atomic E-state index is -3.52. The van der Waals surface area contributed by atoms with Crippen LogP contribution in [0, 0.1) is 17.8 Å². The van der Waals surface area contributed by atoms with Crippen molar-refractivity contribution in [3.8, 4) is 0 Å². The van der Waals surface area contributed by atoms with Gasteiger partial charge in [0.2, 0.25) is 10.0 Å². The summed E-state index contributed by atoms with van der Waals surface area (Å²) in [6.45, 7) is 0.0371. The molecule has 2 bridgehead atoms. The highest BCUT2D eigenvalue weighted by Gasteiger charge is 2.41. The number of fused-ring (bicyclic) bond motifs is 2. The number of hydrogen-bond acceptors (Lipinski definition) is 5. The van der Waals surface area contributed by atoms with Crippen LogP contribution in [0.2, 0.25) is 0 Å². The van der Waals surface area contributed by atoms with Crippen LogP contribution in [-0.2, 0) is 31.0 Å². The molecule has 2 fully saturated rings. The molecule has 0 N–H and O–H groups in total. The average molecular weight is 379 g/mol. The van der Waals surface area contributed by atoms with E-state index in [1.807, 2.05) is 0 Å². The second-order valence-electron chi connectivity index (χ2n) is 7.44. The van der Waals surface area contributed by atoms with E-state index in [1.54, 1.807) is 12.1 Å². The number of ether oxygens (including phenoxy) is 1. The number of rotatable bonds is 5. The van der Waals surface area contributed by atoms with E-state index in [0.29, 0.717) is 24.2 Å². The molecule has 1 aromatic carbocycles. The van der Waals surface area contributed by atoms with E-state index in [1.165, 1.54) is 26.2 Å². The van der Waals surface area contributed by atoms with Gasteiger partial charge in [0.15, 0.2) is 0 Å². The number of benzene rings is 1. The average Bonchev–Trinajstić information content (AvgIpc) is 2.59. The minimum Gasteiger partial charge on any atom is -0.461 e. The van der Waals surface area contributed by atoms with Gasteiger partial charge in [-0.05, 0) is 43.4 Å². The lowest BCUT2D eigenvalue weighted by Crippen LogP contribution is -2.39. The molecule has 3 rings (SSSR count). The van der Waals surface area contributed by atoms with Gasteiger partial charge in [-0.2, -0.15) is 0 Å². The largest absolute Gasteiger partial charge is 0.461 e. The van der Waals surface area contributed by atoms with Crippen LogP contribution >= 0.6 is 0 Å². The molecule has 2 aliphatic carbocycles. The zero-order chi connectivity index (χ0) is 18.9. The van der Waals surface area contributed by atoms with Gasteiger partial charge >= 0.3 is 5.97 Å². The number of sulfonamides is 1. The van der Waals surface area contributed by atoms with Crippen molar-refractivity contribution in [3.63, 3.8) is 0 Å². The van der Waals surface area contributed by atoms with Gasteiger partial charge in [0.25, 0.3) is 0 Å². The molecule has 6 nitrogen and oxygen atoms in total. The van der Waals surface area contributed by atoms with Gasteiger partial charge in [-0.3, -0.25) is 9.59 Å². The molecule has 0 radical (unpaired) electrons. The molecule has 0 aliphatic heterocycles. The number of nitrogens with zero attached hydrogens (tertiary/aromatic N) is 1. The van der Waals surface area contributed by atoms with Crippen molar-refractivity contribution < 1.29 is 22.7 Å². The molecule has 0 aromatic heterocycles. The molecule has 0 spiro atoms. The summed E-state index contributed by atoms with van der Waals surface area (Å²) in [6.07, 6.45) is 4.00. The van der Waals surface area contributed by atoms with Crippen LogP contribution < -0.4 is 0 Å². The zero-order valence-electron chi connectivity index (χ0n) is 15.2. The molecule has 2 unspecified atom stereocenters. The lowest BCUT2D eigenvalue weighted by Gasteiger charge is -2.36. The van der Waals surface area contributed by atoms with Crippen molar-refractivity contribution in [3.05, 3.63) is 29.8 Å². The Morgan fingerprint density at radius 3 is 2.46 bits per heavy atom. The Kier molecular flexibility index (Phi) is 5.48. The molecule has 7 heteroatoms. The van der Waals surface area contributed by atoms with E-state index in [-0.39, 0.29) is 35.2 Å². The quantitative estimate of drug-likeness (QED) is 0.734. The molecule has 0 saturated heterocycles. The highest BCUT2D eigenvalue weighted by atomic mass is 32.2. The number of carbonyl (C=O) groups is 2. The predicted octanol–water partition coefficient (Wildman–Crippen LogP) is 2.38. The topological polar surface area (TPSA) is 80.8 Å². The van der Waals surface area contributed by atoms with Crippen molar-refractivity contribution in [2.24, 2.45) is 17.8 Å². The maximum Gasteiger partial charge on any atom is 0.309 e. The number of ketones is 1. The van der Waals surface area contributed by atoms with Gasteiger partial charge in [-0.15, -0.1) is 0 Å². The molecule has 26 heavy (non-hydrogen) atoms. The molecule has 2 aliphatic rings. The first-order valence-corrected chi connectivity index (χ1v) is 10.4. The van der Waals surface area contributed by atoms with Gasteiger partial charge < -0.3 is 4.74 Å². The molecule has 142 valence electrons. The summed E-state index contributed by atoms with van der Waals surface area (Å²) >= 11 is 0. The van der Waals surface area contributed by atoms with Crippen LogP contribution in [0.3, 0.4) is 0 Å². The summed E-state index contributed by atoms with van der Waals surface area (Å²) in [6, 6.07) is 6.43. The maximum absolute atomic E-state index is 12.4. The van der Waals surface area contributed by atoms with Crippen LogP contribution in [0.4, 0.5) is 0 Å². The molecule has 0 heterocycles. The minimum absolute atomic E-state index is 0.00797. The second-order valence-corrected chi connectivity index (χ2v) is 9.59. The Bertz CT molecular complexity index is 786. The molecule has 0 amide bonds. The Hall–Kier alpha value is -1.73. The van der Waals surface area contributed by atoms with Gasteiger partial charge in [0.1, 0.15) is 12.4 Å². The Morgan fingerprint density at radius 2 is 1.85 bits per heavy atom. The van der Waals surface area contributed by atoms with E-state index in [2.05, 4.69) is 0 Å². The summed E-state index contributed by atoms with van der Waals surface area (Å²) in [4.78, 5) is 24.7. The van der Waals surface area contributed by atoms with Gasteiger partial charge in [0.05, 0.1) is 10.8 Å². The number of carbonyl (C=O) groups excluding carboxylic acids is 2. The van der Waals surface area contributed by atoms with Gasteiger partial charge in [0, 0.05) is 25.9 Å². The van der Waals surface area contributed by atoms with E-state index >= 15 is 0 Å². The van der Waals surface area contributed by atoms with Gasteiger partial charge in [-0.1, -0.05) is 18.6 Å². The standard InChI is InChI=1S/C19H25NO5S/c1-20(2)26(23,24)17-8-3-5-13(9-17)12-25-19(22)16-10-14-6-4-7-15(11-16)18(14)21/h3,5,8-9,14-16H,4,6-7,10-12H2,1-2H3. The number of hydrogen-bond donors (Lipinski definition) is 0. The highest BCUT2D eigenvalue weighted by Crippen LogP contribution is 2.40. The Morgan fingerprint density at radius 1 is 1.19 bits per heavy atom. The third-order valence-corrected chi connectivity index (χ3v) is 7.25. The van der Waals surface area contributed by atoms with Crippen LogP contribution in [0.5, 0.6) is 0 Å². The summed E-state index contributed by atoms with van der Waals surface area (Å²) in [5.41, 5.74) is 0.633. The maximum atomic E-state index is 12.4. The smallest absolute Gasteiger partial charge is 0.309 e. The molecule has 2 atom stereocenters. The predicted molar refractivity (Wildman–Crippen MR) is 95.7 cm³/mol. The van der Waals surface area contributed by atoms with Crippen molar-refractivity contribution >= 4 is 21.8 Å². The summed E-state index contributed by atoms with van der Waals surface area (Å²) < 4.78 is 31.0. The number of esters is 1. The fourth-order valence-electron chi connectivity index (χ4n) is 3.95. The Balaban J connectivity index is 1.63. The SMILES string of the molecule is CN(C)S(=O)(=O)c1cccc(COC(=O)C2CC3CCCC(C2)C3=O)c1. The van der Waals surface area contributed by atoms with Crippen LogP contribution in [-0.4, -0.2) is 38.6 Å². The summed E-state index contributed by atoms with van der Waals surface area (Å²) in [5.74, 6) is -0.170.